The second kappa shape index (κ2) is 8.07. The average molecular weight is 426 g/mol. The molecule has 31 heavy (non-hydrogen) atoms. The van der Waals surface area contributed by atoms with Gasteiger partial charge in [0.05, 0.1) is 16.6 Å². The van der Waals surface area contributed by atoms with Gasteiger partial charge in [0.25, 0.3) is 5.91 Å². The molecule has 2 N–H and O–H groups in total. The normalized spacial score (nSPS) is 11.9. The molecule has 0 aliphatic carbocycles. The summed E-state index contributed by atoms with van der Waals surface area (Å²) in [4.78, 5) is 12.5. The Morgan fingerprint density at radius 1 is 0.968 bits per heavy atom. The molecule has 0 unspecified atom stereocenters. The number of hydrogen-bond acceptors (Lipinski definition) is 2. The van der Waals surface area contributed by atoms with Crippen LogP contribution in [0.3, 0.4) is 0 Å². The number of aromatic nitrogens is 1. The van der Waals surface area contributed by atoms with Crippen LogP contribution in [-0.4, -0.2) is 28.7 Å². The minimum absolute atomic E-state index is 0.000785. The van der Waals surface area contributed by atoms with Gasteiger partial charge in [-0.2, -0.15) is 13.2 Å². The number of rotatable bonds is 5. The number of aliphatic hydroxyl groups excluding tert-OH is 1. The Kier molecular flexibility index (Phi) is 5.45. The Labute approximate surface area is 176 Å². The molecule has 0 aliphatic heterocycles. The third-order valence-electron chi connectivity index (χ3n) is 5.26. The second-order valence-corrected chi connectivity index (χ2v) is 7.47. The van der Waals surface area contributed by atoms with Gasteiger partial charge in [-0.1, -0.05) is 11.6 Å². The monoisotopic (exact) mass is 426 g/mol. The topological polar surface area (TPSA) is 54.3 Å². The molecule has 7 heteroatoms. The molecule has 1 heterocycles. The number of alkyl halides is 3. The average Bonchev–Trinajstić information content (AvgIpc) is 3.06. The fourth-order valence-electron chi connectivity index (χ4n) is 3.74. The number of hydrogen-bond donors (Lipinski definition) is 2. The molecule has 0 atom stereocenters. The van der Waals surface area contributed by atoms with Crippen LogP contribution in [0.1, 0.15) is 27.9 Å². The molecule has 0 saturated carbocycles. The highest BCUT2D eigenvalue weighted by atomic mass is 19.4. The van der Waals surface area contributed by atoms with Crippen LogP contribution in [0.5, 0.6) is 0 Å². The summed E-state index contributed by atoms with van der Waals surface area (Å²) >= 11 is 0. The smallest absolute Gasteiger partial charge is 0.396 e. The first-order chi connectivity index (χ1) is 14.8. The molecule has 3 aromatic carbocycles. The molecule has 4 aromatic rings. The summed E-state index contributed by atoms with van der Waals surface area (Å²) in [6.45, 7) is 2.34. The maximum atomic E-state index is 13.0. The number of amides is 1. The van der Waals surface area contributed by atoms with E-state index >= 15 is 0 Å². The van der Waals surface area contributed by atoms with Crippen LogP contribution >= 0.6 is 0 Å². The van der Waals surface area contributed by atoms with Crippen molar-refractivity contribution in [1.82, 2.24) is 9.88 Å². The second-order valence-electron chi connectivity index (χ2n) is 7.47. The molecule has 1 aromatic heterocycles. The van der Waals surface area contributed by atoms with E-state index in [4.69, 9.17) is 5.11 Å². The van der Waals surface area contributed by atoms with Crippen LogP contribution in [-0.2, 0) is 6.18 Å². The van der Waals surface area contributed by atoms with Gasteiger partial charge < -0.3 is 15.0 Å². The molecule has 0 aliphatic rings. The van der Waals surface area contributed by atoms with Gasteiger partial charge in [-0.25, -0.2) is 0 Å². The van der Waals surface area contributed by atoms with E-state index in [0.29, 0.717) is 24.2 Å². The molecule has 0 bridgehead atoms. The zero-order chi connectivity index (χ0) is 22.2. The first-order valence-electron chi connectivity index (χ1n) is 9.91. The van der Waals surface area contributed by atoms with Crippen LogP contribution in [0.25, 0.3) is 27.5 Å². The largest absolute Gasteiger partial charge is 0.416 e. The van der Waals surface area contributed by atoms with E-state index in [1.165, 1.54) is 12.1 Å². The Bertz CT molecular complexity index is 1260. The molecule has 160 valence electrons. The Balaban J connectivity index is 1.86. The molecule has 4 rings (SSSR count). The number of benzene rings is 3. The highest BCUT2D eigenvalue weighted by molar-refractivity contribution is 6.11. The molecule has 1 amide bonds. The summed E-state index contributed by atoms with van der Waals surface area (Å²) < 4.78 is 40.9. The maximum Gasteiger partial charge on any atom is 0.416 e. The van der Waals surface area contributed by atoms with Gasteiger partial charge in [0.2, 0.25) is 0 Å². The van der Waals surface area contributed by atoms with Crippen molar-refractivity contribution in [2.75, 3.05) is 13.2 Å². The lowest BCUT2D eigenvalue weighted by atomic mass is 10.1. The summed E-state index contributed by atoms with van der Waals surface area (Å²) in [7, 11) is 0. The lowest BCUT2D eigenvalue weighted by Gasteiger charge is -2.11. The maximum absolute atomic E-state index is 13.0. The number of aliphatic hydroxyl groups is 1. The van der Waals surface area contributed by atoms with Crippen molar-refractivity contribution < 1.29 is 23.1 Å². The first-order valence-corrected chi connectivity index (χ1v) is 9.91. The van der Waals surface area contributed by atoms with E-state index in [1.54, 1.807) is 12.1 Å². The number of carbonyl (C=O) groups is 1. The Morgan fingerprint density at radius 3 is 2.26 bits per heavy atom. The molecule has 0 spiro atoms. The number of nitrogens with zero attached hydrogens (tertiary/aromatic N) is 1. The van der Waals surface area contributed by atoms with E-state index in [0.717, 1.165) is 39.5 Å². The summed E-state index contributed by atoms with van der Waals surface area (Å²) in [6.07, 6.45) is -3.92. The minimum atomic E-state index is -4.39. The van der Waals surface area contributed by atoms with Crippen LogP contribution in [0.2, 0.25) is 0 Å². The quantitative estimate of drug-likeness (QED) is 0.430. The zero-order valence-electron chi connectivity index (χ0n) is 16.8. The molecule has 0 saturated heterocycles. The predicted molar refractivity (Wildman–Crippen MR) is 115 cm³/mol. The van der Waals surface area contributed by atoms with Gasteiger partial charge in [0.1, 0.15) is 0 Å². The SMILES string of the molecule is Cc1ccc2c(c1)c1cc(C(=O)NCCCO)ccc1n2-c1ccc(C(F)(F)F)cc1. The van der Waals surface area contributed by atoms with Crippen molar-refractivity contribution >= 4 is 27.7 Å². The zero-order valence-corrected chi connectivity index (χ0v) is 16.8. The Hall–Kier alpha value is -3.32. The van der Waals surface area contributed by atoms with Gasteiger partial charge in [0, 0.05) is 35.2 Å². The fraction of sp³-hybridized carbons (Fsp3) is 0.208. The van der Waals surface area contributed by atoms with Gasteiger partial charge in [-0.15, -0.1) is 0 Å². The number of fused-ring (bicyclic) bond motifs is 3. The highest BCUT2D eigenvalue weighted by Crippen LogP contribution is 2.35. The third-order valence-corrected chi connectivity index (χ3v) is 5.26. The molecular formula is C24H21F3N2O2. The van der Waals surface area contributed by atoms with E-state index in [9.17, 15) is 18.0 Å². The van der Waals surface area contributed by atoms with Crippen LogP contribution < -0.4 is 5.32 Å². The fourth-order valence-corrected chi connectivity index (χ4v) is 3.74. The summed E-state index contributed by atoms with van der Waals surface area (Å²) in [5.74, 6) is -0.238. The highest BCUT2D eigenvalue weighted by Gasteiger charge is 2.30. The minimum Gasteiger partial charge on any atom is -0.396 e. The number of halogens is 3. The van der Waals surface area contributed by atoms with E-state index in [1.807, 2.05) is 35.8 Å². The number of aryl methyl sites for hydroxylation is 1. The number of nitrogens with one attached hydrogen (secondary N) is 1. The lowest BCUT2D eigenvalue weighted by molar-refractivity contribution is -0.137. The lowest BCUT2D eigenvalue weighted by Crippen LogP contribution is -2.24. The van der Waals surface area contributed by atoms with Gasteiger partial charge in [-0.05, 0) is 67.9 Å². The van der Waals surface area contributed by atoms with Crippen molar-refractivity contribution in [2.24, 2.45) is 0 Å². The summed E-state index contributed by atoms with van der Waals surface area (Å²) in [5, 5.41) is 13.4. The van der Waals surface area contributed by atoms with Crippen LogP contribution in [0.15, 0.2) is 60.7 Å². The van der Waals surface area contributed by atoms with Crippen LogP contribution in [0, 0.1) is 6.92 Å². The Morgan fingerprint density at radius 2 is 1.61 bits per heavy atom. The standard InChI is InChI=1S/C24H21F3N2O2/c1-15-3-9-21-19(13-15)20-14-16(23(31)28-11-2-12-30)4-10-22(20)29(21)18-7-5-17(6-8-18)24(25,26)27/h3-10,13-14,30H,2,11-12H2,1H3,(H,28,31). The molecule has 4 nitrogen and oxygen atoms in total. The molecular weight excluding hydrogens is 405 g/mol. The first kappa shape index (κ1) is 20.9. The summed E-state index contributed by atoms with van der Waals surface area (Å²) in [6, 6.07) is 16.2. The van der Waals surface area contributed by atoms with Crippen molar-refractivity contribution in [2.45, 2.75) is 19.5 Å². The van der Waals surface area contributed by atoms with Crippen molar-refractivity contribution in [3.05, 3.63) is 77.4 Å². The van der Waals surface area contributed by atoms with E-state index in [2.05, 4.69) is 5.32 Å². The van der Waals surface area contributed by atoms with Crippen molar-refractivity contribution in [1.29, 1.82) is 0 Å². The predicted octanol–water partition coefficient (Wildman–Crippen LogP) is 5.22. The van der Waals surface area contributed by atoms with Crippen molar-refractivity contribution in [3.63, 3.8) is 0 Å². The summed E-state index contributed by atoms with van der Waals surface area (Å²) in [5.41, 5.74) is 3.08. The van der Waals surface area contributed by atoms with Crippen molar-refractivity contribution in [3.8, 4) is 5.69 Å². The van der Waals surface area contributed by atoms with Crippen LogP contribution in [0.4, 0.5) is 13.2 Å². The molecule has 0 radical (unpaired) electrons. The van der Waals surface area contributed by atoms with Gasteiger partial charge in [0.15, 0.2) is 0 Å². The van der Waals surface area contributed by atoms with E-state index in [-0.39, 0.29) is 12.5 Å². The van der Waals surface area contributed by atoms with E-state index < -0.39 is 11.7 Å². The van der Waals surface area contributed by atoms with Gasteiger partial charge in [-0.3, -0.25) is 4.79 Å². The molecule has 0 fully saturated rings. The third kappa shape index (κ3) is 4.01. The number of carbonyl (C=O) groups excluding carboxylic acids is 1. The van der Waals surface area contributed by atoms with Gasteiger partial charge >= 0.3 is 6.18 Å².